The van der Waals surface area contributed by atoms with Crippen molar-refractivity contribution in [3.05, 3.63) is 35.4 Å². The summed E-state index contributed by atoms with van der Waals surface area (Å²) in [5.74, 6) is -1.39. The van der Waals surface area contributed by atoms with Gasteiger partial charge in [-0.2, -0.15) is 0 Å². The van der Waals surface area contributed by atoms with Crippen molar-refractivity contribution in [1.82, 2.24) is 5.32 Å². The number of aliphatic hydroxyl groups is 2. The second kappa shape index (κ2) is 6.81. The second-order valence-corrected chi connectivity index (χ2v) is 6.25. The molecule has 1 aromatic carbocycles. The van der Waals surface area contributed by atoms with E-state index in [1.807, 2.05) is 0 Å². The smallest absolute Gasteiger partial charge is 0.159 e. The number of nitrogens with one attached hydrogen (secondary N) is 1. The van der Waals surface area contributed by atoms with Gasteiger partial charge in [0.1, 0.15) is 0 Å². The van der Waals surface area contributed by atoms with Crippen LogP contribution in [0.3, 0.4) is 0 Å². The van der Waals surface area contributed by atoms with Crippen LogP contribution in [0.4, 0.5) is 8.78 Å². The van der Waals surface area contributed by atoms with E-state index in [9.17, 15) is 19.0 Å². The van der Waals surface area contributed by atoms with Gasteiger partial charge in [0, 0.05) is 13.1 Å². The Labute approximate surface area is 124 Å². The Morgan fingerprint density at radius 2 is 2.14 bits per heavy atom. The van der Waals surface area contributed by atoms with Crippen LogP contribution in [0.15, 0.2) is 18.2 Å². The molecular weight excluding hydrogens is 276 g/mol. The van der Waals surface area contributed by atoms with Crippen molar-refractivity contribution >= 4 is 0 Å². The minimum atomic E-state index is -0.966. The van der Waals surface area contributed by atoms with E-state index in [4.69, 9.17) is 0 Å². The fourth-order valence-electron chi connectivity index (χ4n) is 3.07. The summed E-state index contributed by atoms with van der Waals surface area (Å²) in [4.78, 5) is 0. The zero-order valence-electron chi connectivity index (χ0n) is 12.3. The Kier molecular flexibility index (Phi) is 5.30. The maximum Gasteiger partial charge on any atom is 0.159 e. The number of hydrogen-bond acceptors (Lipinski definition) is 3. The predicted molar refractivity (Wildman–Crippen MR) is 76.8 cm³/mol. The largest absolute Gasteiger partial charge is 0.389 e. The van der Waals surface area contributed by atoms with E-state index in [-0.39, 0.29) is 6.54 Å². The van der Waals surface area contributed by atoms with Gasteiger partial charge in [0.2, 0.25) is 0 Å². The number of hydrogen-bond donors (Lipinski definition) is 3. The highest BCUT2D eigenvalue weighted by Gasteiger charge is 2.32. The fourth-order valence-corrected chi connectivity index (χ4v) is 3.07. The molecule has 0 amide bonds. The maximum atomic E-state index is 13.1. The molecular formula is C16H23F2NO2. The van der Waals surface area contributed by atoms with Crippen molar-refractivity contribution in [3.63, 3.8) is 0 Å². The van der Waals surface area contributed by atoms with Crippen molar-refractivity contribution in [1.29, 1.82) is 0 Å². The lowest BCUT2D eigenvalue weighted by Crippen LogP contribution is -2.44. The monoisotopic (exact) mass is 299 g/mol. The topological polar surface area (TPSA) is 52.5 Å². The molecule has 0 aliphatic heterocycles. The van der Waals surface area contributed by atoms with Crippen molar-refractivity contribution in [3.8, 4) is 0 Å². The molecule has 0 spiro atoms. The van der Waals surface area contributed by atoms with E-state index in [2.05, 4.69) is 12.2 Å². The molecule has 21 heavy (non-hydrogen) atoms. The molecule has 5 heteroatoms. The van der Waals surface area contributed by atoms with Gasteiger partial charge in [-0.05, 0) is 36.5 Å². The third kappa shape index (κ3) is 4.46. The van der Waals surface area contributed by atoms with Crippen LogP contribution in [0.25, 0.3) is 0 Å². The molecule has 0 aromatic heterocycles. The molecule has 1 aliphatic carbocycles. The first-order valence-electron chi connectivity index (χ1n) is 7.46. The lowest BCUT2D eigenvalue weighted by atomic mass is 9.79. The molecule has 3 nitrogen and oxygen atoms in total. The highest BCUT2D eigenvalue weighted by molar-refractivity contribution is 5.20. The minimum absolute atomic E-state index is 0.196. The van der Waals surface area contributed by atoms with E-state index < -0.39 is 23.3 Å². The molecule has 3 atom stereocenters. The quantitative estimate of drug-likeness (QED) is 0.783. The molecule has 118 valence electrons. The average Bonchev–Trinajstić information content (AvgIpc) is 2.41. The van der Waals surface area contributed by atoms with Crippen LogP contribution in [0.2, 0.25) is 0 Å². The maximum absolute atomic E-state index is 13.1. The van der Waals surface area contributed by atoms with Crippen LogP contribution in [0.5, 0.6) is 0 Å². The zero-order chi connectivity index (χ0) is 15.5. The lowest BCUT2D eigenvalue weighted by molar-refractivity contribution is -0.0135. The summed E-state index contributed by atoms with van der Waals surface area (Å²) in [6, 6.07) is 3.37. The zero-order valence-corrected chi connectivity index (χ0v) is 12.3. The van der Waals surface area contributed by atoms with E-state index in [1.54, 1.807) is 0 Å². The highest BCUT2D eigenvalue weighted by Crippen LogP contribution is 2.31. The molecule has 0 radical (unpaired) electrons. The Balaban J connectivity index is 1.83. The van der Waals surface area contributed by atoms with E-state index in [0.29, 0.717) is 18.0 Å². The summed E-state index contributed by atoms with van der Waals surface area (Å²) in [6.45, 7) is 2.72. The van der Waals surface area contributed by atoms with Gasteiger partial charge in [-0.3, -0.25) is 0 Å². The fraction of sp³-hybridized carbons (Fsp3) is 0.625. The van der Waals surface area contributed by atoms with Crippen LogP contribution in [0.1, 0.15) is 44.3 Å². The van der Waals surface area contributed by atoms with Gasteiger partial charge in [0.15, 0.2) is 11.6 Å². The SMILES string of the molecule is CC1CCCC(O)(CNCC(O)c2ccc(F)c(F)c2)C1. The summed E-state index contributed by atoms with van der Waals surface area (Å²) in [5.41, 5.74) is -0.406. The first kappa shape index (κ1) is 16.3. The third-order valence-corrected chi connectivity index (χ3v) is 4.19. The van der Waals surface area contributed by atoms with Gasteiger partial charge in [-0.1, -0.05) is 25.8 Å². The van der Waals surface area contributed by atoms with Crippen molar-refractivity contribution in [2.75, 3.05) is 13.1 Å². The van der Waals surface area contributed by atoms with E-state index in [1.165, 1.54) is 6.07 Å². The Bertz CT molecular complexity index is 483. The third-order valence-electron chi connectivity index (χ3n) is 4.19. The van der Waals surface area contributed by atoms with Crippen molar-refractivity contribution in [2.45, 2.75) is 44.3 Å². The number of rotatable bonds is 5. The molecule has 1 fully saturated rings. The van der Waals surface area contributed by atoms with Crippen LogP contribution >= 0.6 is 0 Å². The molecule has 0 bridgehead atoms. The summed E-state index contributed by atoms with van der Waals surface area (Å²) < 4.78 is 25.9. The normalized spacial score (nSPS) is 27.6. The van der Waals surface area contributed by atoms with E-state index >= 15 is 0 Å². The van der Waals surface area contributed by atoms with E-state index in [0.717, 1.165) is 37.8 Å². The summed E-state index contributed by atoms with van der Waals surface area (Å²) in [6.07, 6.45) is 2.72. The summed E-state index contributed by atoms with van der Waals surface area (Å²) >= 11 is 0. The first-order valence-corrected chi connectivity index (χ1v) is 7.46. The number of benzene rings is 1. The molecule has 0 saturated heterocycles. The Morgan fingerprint density at radius 3 is 2.81 bits per heavy atom. The Hall–Kier alpha value is -1.04. The lowest BCUT2D eigenvalue weighted by Gasteiger charge is -2.36. The van der Waals surface area contributed by atoms with Crippen LogP contribution in [-0.4, -0.2) is 28.9 Å². The van der Waals surface area contributed by atoms with Crippen molar-refractivity contribution in [2.24, 2.45) is 5.92 Å². The molecule has 2 rings (SSSR count). The second-order valence-electron chi connectivity index (χ2n) is 6.25. The summed E-state index contributed by atoms with van der Waals surface area (Å²) in [5, 5.41) is 23.5. The Morgan fingerprint density at radius 1 is 1.38 bits per heavy atom. The van der Waals surface area contributed by atoms with Crippen LogP contribution in [0, 0.1) is 17.6 Å². The van der Waals surface area contributed by atoms with Gasteiger partial charge in [-0.15, -0.1) is 0 Å². The van der Waals surface area contributed by atoms with Gasteiger partial charge in [-0.25, -0.2) is 8.78 Å². The number of aliphatic hydroxyl groups excluding tert-OH is 1. The van der Waals surface area contributed by atoms with Gasteiger partial charge in [0.05, 0.1) is 11.7 Å². The minimum Gasteiger partial charge on any atom is -0.389 e. The average molecular weight is 299 g/mol. The van der Waals surface area contributed by atoms with Gasteiger partial charge < -0.3 is 15.5 Å². The standard InChI is InChI=1S/C16H23F2NO2/c1-11-3-2-6-16(21,8-11)10-19-9-15(20)12-4-5-13(17)14(18)7-12/h4-5,7,11,15,19-21H,2-3,6,8-10H2,1H3. The highest BCUT2D eigenvalue weighted by atomic mass is 19.2. The van der Waals surface area contributed by atoms with Crippen LogP contribution in [-0.2, 0) is 0 Å². The molecule has 3 N–H and O–H groups in total. The first-order chi connectivity index (χ1) is 9.89. The van der Waals surface area contributed by atoms with Gasteiger partial charge in [0.25, 0.3) is 0 Å². The molecule has 1 saturated carbocycles. The summed E-state index contributed by atoms with van der Waals surface area (Å²) in [7, 11) is 0. The van der Waals surface area contributed by atoms with Crippen LogP contribution < -0.4 is 5.32 Å². The molecule has 3 unspecified atom stereocenters. The van der Waals surface area contributed by atoms with Crippen molar-refractivity contribution < 1.29 is 19.0 Å². The molecule has 0 heterocycles. The molecule has 1 aromatic rings. The van der Waals surface area contributed by atoms with Gasteiger partial charge >= 0.3 is 0 Å². The molecule has 1 aliphatic rings. The number of halogens is 2. The predicted octanol–water partition coefficient (Wildman–Crippen LogP) is 2.53.